The quantitative estimate of drug-likeness (QED) is 0.128. The Bertz CT molecular complexity index is 4590. The van der Waals surface area contributed by atoms with Crippen LogP contribution in [0.2, 0.25) is 0 Å². The summed E-state index contributed by atoms with van der Waals surface area (Å²) in [6.07, 6.45) is 0. The van der Waals surface area contributed by atoms with Crippen molar-refractivity contribution in [2.45, 2.75) is 38.5 Å². The van der Waals surface area contributed by atoms with E-state index in [-0.39, 0.29) is 10.8 Å². The molecule has 0 aromatic heterocycles. The van der Waals surface area contributed by atoms with Gasteiger partial charge in [-0.2, -0.15) is 0 Å². The van der Waals surface area contributed by atoms with Gasteiger partial charge in [0.1, 0.15) is 0 Å². The molecule has 0 amide bonds. The Kier molecular flexibility index (Phi) is 13.9. The van der Waals surface area contributed by atoms with E-state index in [0.29, 0.717) is 0 Å². The number of hydrogen-bond donors (Lipinski definition) is 0. The first-order valence-electron chi connectivity index (χ1n) is 31.0. The fourth-order valence-electron chi connectivity index (χ4n) is 14.0. The highest BCUT2D eigenvalue weighted by atomic mass is 15.2. The summed E-state index contributed by atoms with van der Waals surface area (Å²) in [6, 6.07) is 121. The van der Waals surface area contributed by atoms with Crippen molar-refractivity contribution in [1.82, 2.24) is 0 Å². The van der Waals surface area contributed by atoms with E-state index in [4.69, 9.17) is 0 Å². The first kappa shape index (κ1) is 54.6. The van der Waals surface area contributed by atoms with E-state index in [9.17, 15) is 0 Å². The van der Waals surface area contributed by atoms with Crippen LogP contribution >= 0.6 is 0 Å². The molecule has 0 atom stereocenters. The predicted octanol–water partition coefficient (Wildman–Crippen LogP) is 24.0. The van der Waals surface area contributed by atoms with E-state index >= 15 is 0 Å². The van der Waals surface area contributed by atoms with Crippen LogP contribution in [-0.2, 0) is 10.8 Å². The summed E-state index contributed by atoms with van der Waals surface area (Å²) in [6.45, 7) is 9.43. The van der Waals surface area contributed by atoms with Gasteiger partial charge in [0, 0.05) is 61.4 Å². The number of hydrogen-bond acceptors (Lipinski definition) is 3. The molecule has 3 heteroatoms. The van der Waals surface area contributed by atoms with Gasteiger partial charge in [0.15, 0.2) is 0 Å². The molecule has 0 radical (unpaired) electrons. The third-order valence-corrected chi connectivity index (χ3v) is 18.5. The van der Waals surface area contributed by atoms with Gasteiger partial charge in [-0.1, -0.05) is 264 Å². The summed E-state index contributed by atoms with van der Waals surface area (Å²) < 4.78 is 0. The third-order valence-electron chi connectivity index (χ3n) is 18.5. The van der Waals surface area contributed by atoms with Gasteiger partial charge >= 0.3 is 0 Å². The highest BCUT2D eigenvalue weighted by molar-refractivity contribution is 6.01. The smallest absolute Gasteiger partial charge is 0.0540 e. The molecular weight excluding hydrogens is 1070 g/mol. The second kappa shape index (κ2) is 22.7. The monoisotopic (exact) mass is 1140 g/mol. The molecule has 14 aromatic rings. The van der Waals surface area contributed by atoms with Gasteiger partial charge in [-0.05, 0) is 175 Å². The van der Waals surface area contributed by atoms with Crippen LogP contribution in [0.15, 0.2) is 334 Å². The molecule has 2 aliphatic carbocycles. The molecule has 426 valence electrons. The minimum Gasteiger partial charge on any atom is -0.310 e. The number of para-hydroxylation sites is 2. The van der Waals surface area contributed by atoms with Crippen LogP contribution in [0.1, 0.15) is 49.9 Å². The fourth-order valence-corrected chi connectivity index (χ4v) is 14.0. The Morgan fingerprint density at radius 1 is 0.202 bits per heavy atom. The van der Waals surface area contributed by atoms with Crippen molar-refractivity contribution in [3.63, 3.8) is 0 Å². The molecule has 0 aliphatic heterocycles. The normalized spacial score (nSPS) is 12.9. The molecule has 14 aromatic carbocycles. The topological polar surface area (TPSA) is 9.72 Å². The molecule has 0 heterocycles. The van der Waals surface area contributed by atoms with E-state index in [0.717, 1.165) is 39.8 Å². The first-order valence-corrected chi connectivity index (χ1v) is 31.0. The van der Waals surface area contributed by atoms with Crippen LogP contribution in [0.25, 0.3) is 66.1 Å². The maximum Gasteiger partial charge on any atom is 0.0540 e. The Morgan fingerprint density at radius 2 is 0.494 bits per heavy atom. The van der Waals surface area contributed by atoms with Crippen molar-refractivity contribution >= 4 is 72.7 Å². The van der Waals surface area contributed by atoms with Crippen LogP contribution < -0.4 is 14.7 Å². The van der Waals surface area contributed by atoms with Crippen LogP contribution in [0.5, 0.6) is 0 Å². The lowest BCUT2D eigenvalue weighted by Gasteiger charge is -2.30. The second-order valence-corrected chi connectivity index (χ2v) is 24.5. The fraction of sp³-hybridized carbons (Fsp3) is 0.0698. The minimum atomic E-state index is -0.0632. The largest absolute Gasteiger partial charge is 0.310 e. The molecule has 0 fully saturated rings. The minimum absolute atomic E-state index is 0.0632. The molecule has 89 heavy (non-hydrogen) atoms. The molecule has 2 aliphatic rings. The molecule has 3 nitrogen and oxygen atoms in total. The molecule has 0 bridgehead atoms. The van der Waals surface area contributed by atoms with Crippen molar-refractivity contribution in [2.75, 3.05) is 14.7 Å². The van der Waals surface area contributed by atoms with Gasteiger partial charge in [-0.15, -0.1) is 0 Å². The van der Waals surface area contributed by atoms with Crippen molar-refractivity contribution < 1.29 is 0 Å². The van der Waals surface area contributed by atoms with Gasteiger partial charge in [0.25, 0.3) is 0 Å². The van der Waals surface area contributed by atoms with Crippen LogP contribution in [0, 0.1) is 0 Å². The van der Waals surface area contributed by atoms with Gasteiger partial charge in [0.2, 0.25) is 0 Å². The third kappa shape index (κ3) is 9.92. The zero-order valence-corrected chi connectivity index (χ0v) is 50.6. The summed E-state index contributed by atoms with van der Waals surface area (Å²) in [5.41, 5.74) is 26.0. The summed E-state index contributed by atoms with van der Waals surface area (Å²) in [5, 5.41) is 4.90. The number of benzene rings is 14. The van der Waals surface area contributed by atoms with E-state index in [1.165, 1.54) is 99.7 Å². The SMILES string of the molecule is CC1(C)c2ccccc2-c2ccc(N(c3ccc(-c4ccccc4)cc3)c3ccc4c(c3)C(C)(C)c3ccccc3-4)cc21.c1ccc(N(c2ccc(-c3ccc(N(c4ccccc4)c4cccc5ccccc45)cc3)cc2)c2cccc3ccccc23)cc1. The van der Waals surface area contributed by atoms with Gasteiger partial charge in [-0.3, -0.25) is 0 Å². The first-order chi connectivity index (χ1) is 43.7. The van der Waals surface area contributed by atoms with Crippen LogP contribution in [0.4, 0.5) is 51.2 Å². The lowest BCUT2D eigenvalue weighted by molar-refractivity contribution is 0.660. The van der Waals surface area contributed by atoms with E-state index in [2.05, 4.69) is 376 Å². The predicted molar refractivity (Wildman–Crippen MR) is 378 cm³/mol. The van der Waals surface area contributed by atoms with Crippen molar-refractivity contribution in [3.8, 4) is 44.5 Å². The Labute approximate surface area is 523 Å². The average Bonchev–Trinajstić information content (AvgIpc) is 1.78. The Balaban J connectivity index is 0.000000149. The molecule has 0 N–H and O–H groups in total. The number of rotatable bonds is 11. The highest BCUT2D eigenvalue weighted by Crippen LogP contribution is 2.53. The van der Waals surface area contributed by atoms with Crippen molar-refractivity contribution in [2.24, 2.45) is 0 Å². The zero-order chi connectivity index (χ0) is 60.1. The van der Waals surface area contributed by atoms with Crippen molar-refractivity contribution in [3.05, 3.63) is 356 Å². The lowest BCUT2D eigenvalue weighted by atomic mass is 9.82. The molecule has 0 saturated carbocycles. The van der Waals surface area contributed by atoms with E-state index in [1.807, 2.05) is 0 Å². The summed E-state index contributed by atoms with van der Waals surface area (Å²) in [5.74, 6) is 0. The summed E-state index contributed by atoms with van der Waals surface area (Å²) >= 11 is 0. The molecular formula is C86H67N3. The number of fused-ring (bicyclic) bond motifs is 8. The van der Waals surface area contributed by atoms with Gasteiger partial charge < -0.3 is 14.7 Å². The molecule has 0 spiro atoms. The molecule has 16 rings (SSSR count). The number of anilines is 9. The molecule has 0 saturated heterocycles. The Hall–Kier alpha value is -11.0. The van der Waals surface area contributed by atoms with E-state index < -0.39 is 0 Å². The van der Waals surface area contributed by atoms with E-state index in [1.54, 1.807) is 0 Å². The van der Waals surface area contributed by atoms with Gasteiger partial charge in [-0.25, -0.2) is 0 Å². The maximum atomic E-state index is 2.44. The van der Waals surface area contributed by atoms with Gasteiger partial charge in [0.05, 0.1) is 11.4 Å². The summed E-state index contributed by atoms with van der Waals surface area (Å²) in [7, 11) is 0. The van der Waals surface area contributed by atoms with Crippen LogP contribution in [0.3, 0.4) is 0 Å². The maximum absolute atomic E-state index is 2.44. The zero-order valence-electron chi connectivity index (χ0n) is 50.6. The van der Waals surface area contributed by atoms with Crippen molar-refractivity contribution in [1.29, 1.82) is 0 Å². The van der Waals surface area contributed by atoms with Crippen LogP contribution in [-0.4, -0.2) is 0 Å². The standard InChI is InChI=1S/C44H32N2.C42H35N/c1-3-17-37(18-4-1)45(43-23-11-15-35-13-7-9-21-41(35)43)39-29-25-33(26-30-39)34-27-31-40(32-28-34)46(38-19-5-2-6-20-38)44-24-12-16-36-14-8-10-22-42(36)44;1-41(2)37-16-10-8-14-33(37)35-24-22-31(26-39(35)41)43(30-20-18-29(19-21-30)28-12-6-5-7-13-28)32-23-25-36-34-15-9-11-17-38(34)42(3,4)40(36)27-32/h1-32H;5-27H,1-4H3. The lowest BCUT2D eigenvalue weighted by Crippen LogP contribution is -2.18. The highest BCUT2D eigenvalue weighted by Gasteiger charge is 2.38. The molecule has 0 unspecified atom stereocenters. The second-order valence-electron chi connectivity index (χ2n) is 24.5. The number of nitrogens with zero attached hydrogens (tertiary/aromatic N) is 3. The average molecular weight is 1140 g/mol. The summed E-state index contributed by atoms with van der Waals surface area (Å²) in [4.78, 5) is 7.13. The Morgan fingerprint density at radius 3 is 0.910 bits per heavy atom.